The number of hydrogen-bond donors (Lipinski definition) is 0. The van der Waals surface area contributed by atoms with Crippen LogP contribution in [-0.4, -0.2) is 15.3 Å². The van der Waals surface area contributed by atoms with E-state index in [-0.39, 0.29) is 11.5 Å². The lowest BCUT2D eigenvalue weighted by atomic mass is 9.95. The molecule has 1 unspecified atom stereocenters. The maximum Gasteiger partial charge on any atom is 0.204 e. The molecule has 0 saturated heterocycles. The molecule has 1 aromatic heterocycles. The third kappa shape index (κ3) is 2.78. The monoisotopic (exact) mass is 293 g/mol. The minimum absolute atomic E-state index is 0.250. The van der Waals surface area contributed by atoms with Crippen LogP contribution in [0.5, 0.6) is 0 Å². The average Bonchev–Trinajstić information content (AvgIpc) is 2.81. The Morgan fingerprint density at radius 1 is 1.42 bits per heavy atom. The minimum atomic E-state index is -0.940. The van der Waals surface area contributed by atoms with Gasteiger partial charge in [-0.15, -0.1) is 0 Å². The second-order valence-corrected chi connectivity index (χ2v) is 4.84. The first-order valence-corrected chi connectivity index (χ1v) is 6.15. The second kappa shape index (κ2) is 5.43. The van der Waals surface area contributed by atoms with E-state index in [2.05, 4.69) is 4.98 Å². The number of aromatic nitrogens is 2. The minimum Gasteiger partial charge on any atom is -0.340 e. The number of Topliss-reactive ketones (excluding diaryl/α,β-unsaturated/α-hetero) is 1. The summed E-state index contributed by atoms with van der Waals surface area (Å²) in [6.45, 7) is 0. The van der Waals surface area contributed by atoms with Gasteiger partial charge in [0.2, 0.25) is 5.78 Å². The number of carbonyl (C=O) groups is 1. The van der Waals surface area contributed by atoms with E-state index < -0.39 is 5.92 Å². The van der Waals surface area contributed by atoms with Crippen LogP contribution in [0.15, 0.2) is 30.7 Å². The topological polar surface area (TPSA) is 58.7 Å². The molecule has 1 heterocycles. The smallest absolute Gasteiger partial charge is 0.204 e. The predicted octanol–water partition coefficient (Wildman–Crippen LogP) is 3.22. The van der Waals surface area contributed by atoms with Crippen LogP contribution in [0.25, 0.3) is 0 Å². The van der Waals surface area contributed by atoms with Gasteiger partial charge in [0, 0.05) is 13.2 Å². The van der Waals surface area contributed by atoms with Crippen molar-refractivity contribution in [2.24, 2.45) is 7.05 Å². The average molecular weight is 294 g/mol. The van der Waals surface area contributed by atoms with Crippen molar-refractivity contribution in [1.82, 2.24) is 9.55 Å². The zero-order valence-electron chi connectivity index (χ0n) is 9.97. The molecule has 0 saturated carbocycles. The third-order valence-electron chi connectivity index (χ3n) is 2.63. The van der Waals surface area contributed by atoms with Gasteiger partial charge in [0.1, 0.15) is 11.6 Å². The maximum atomic E-state index is 12.2. The highest BCUT2D eigenvalue weighted by molar-refractivity contribution is 6.42. The Balaban J connectivity index is 2.37. The first kappa shape index (κ1) is 13.6. The standard InChI is InChI=1S/C13H9Cl2N3O/c1-18-6-12(17-7-18)13(19)9(5-16)8-2-3-10(14)11(15)4-8/h2-4,6-7,9H,1H3. The lowest BCUT2D eigenvalue weighted by Gasteiger charge is -2.07. The molecule has 0 aliphatic rings. The largest absolute Gasteiger partial charge is 0.340 e. The van der Waals surface area contributed by atoms with Crippen LogP contribution in [0.4, 0.5) is 0 Å². The van der Waals surface area contributed by atoms with Gasteiger partial charge in [0.05, 0.1) is 22.4 Å². The van der Waals surface area contributed by atoms with Crippen LogP contribution in [0.1, 0.15) is 22.0 Å². The predicted molar refractivity (Wildman–Crippen MR) is 72.4 cm³/mol. The van der Waals surface area contributed by atoms with Crippen molar-refractivity contribution in [3.8, 4) is 6.07 Å². The Hall–Kier alpha value is -1.83. The van der Waals surface area contributed by atoms with E-state index in [0.29, 0.717) is 15.6 Å². The number of ketones is 1. The molecule has 0 fully saturated rings. The van der Waals surface area contributed by atoms with Gasteiger partial charge in [-0.2, -0.15) is 5.26 Å². The lowest BCUT2D eigenvalue weighted by Crippen LogP contribution is -2.11. The summed E-state index contributed by atoms with van der Waals surface area (Å²) >= 11 is 11.7. The van der Waals surface area contributed by atoms with Gasteiger partial charge in [-0.3, -0.25) is 4.79 Å². The highest BCUT2D eigenvalue weighted by atomic mass is 35.5. The zero-order chi connectivity index (χ0) is 14.0. The van der Waals surface area contributed by atoms with E-state index in [1.54, 1.807) is 29.9 Å². The molecule has 19 heavy (non-hydrogen) atoms. The van der Waals surface area contributed by atoms with Crippen molar-refractivity contribution in [2.75, 3.05) is 0 Å². The second-order valence-electron chi connectivity index (χ2n) is 4.02. The Kier molecular flexibility index (Phi) is 3.89. The molecule has 0 amide bonds. The Labute approximate surface area is 120 Å². The normalized spacial score (nSPS) is 11.9. The molecular formula is C13H9Cl2N3O. The van der Waals surface area contributed by atoms with Crippen molar-refractivity contribution >= 4 is 29.0 Å². The van der Waals surface area contributed by atoms with Crippen molar-refractivity contribution in [2.45, 2.75) is 5.92 Å². The molecule has 2 rings (SSSR count). The first-order valence-electron chi connectivity index (χ1n) is 5.39. The van der Waals surface area contributed by atoms with Crippen LogP contribution < -0.4 is 0 Å². The van der Waals surface area contributed by atoms with E-state index in [4.69, 9.17) is 23.2 Å². The van der Waals surface area contributed by atoms with Crippen molar-refractivity contribution in [3.05, 3.63) is 52.0 Å². The number of nitriles is 1. The van der Waals surface area contributed by atoms with Crippen LogP contribution >= 0.6 is 23.2 Å². The van der Waals surface area contributed by atoms with Crippen molar-refractivity contribution in [1.29, 1.82) is 5.26 Å². The number of carbonyl (C=O) groups excluding carboxylic acids is 1. The fourth-order valence-electron chi connectivity index (χ4n) is 1.66. The van der Waals surface area contributed by atoms with E-state index in [1.165, 1.54) is 12.4 Å². The Morgan fingerprint density at radius 3 is 2.68 bits per heavy atom. The molecule has 0 spiro atoms. The summed E-state index contributed by atoms with van der Waals surface area (Å²) in [5.41, 5.74) is 0.757. The number of imidazole rings is 1. The van der Waals surface area contributed by atoms with Gasteiger partial charge in [-0.25, -0.2) is 4.98 Å². The SMILES string of the molecule is Cn1cnc(C(=O)C(C#N)c2ccc(Cl)c(Cl)c2)c1. The molecule has 0 aliphatic heterocycles. The summed E-state index contributed by atoms with van der Waals surface area (Å²) in [5, 5.41) is 9.89. The van der Waals surface area contributed by atoms with Gasteiger partial charge in [-0.1, -0.05) is 29.3 Å². The highest BCUT2D eigenvalue weighted by Gasteiger charge is 2.24. The van der Waals surface area contributed by atoms with E-state index in [1.807, 2.05) is 6.07 Å². The molecule has 96 valence electrons. The Bertz CT molecular complexity index is 673. The molecule has 4 nitrogen and oxygen atoms in total. The summed E-state index contributed by atoms with van der Waals surface area (Å²) in [4.78, 5) is 16.2. The van der Waals surface area contributed by atoms with E-state index in [0.717, 1.165) is 0 Å². The Morgan fingerprint density at radius 2 is 2.16 bits per heavy atom. The lowest BCUT2D eigenvalue weighted by molar-refractivity contribution is 0.0974. The number of halogens is 2. The van der Waals surface area contributed by atoms with Crippen LogP contribution in [0, 0.1) is 11.3 Å². The van der Waals surface area contributed by atoms with Gasteiger partial charge in [0.25, 0.3) is 0 Å². The molecule has 1 aromatic carbocycles. The van der Waals surface area contributed by atoms with Crippen molar-refractivity contribution < 1.29 is 4.79 Å². The fraction of sp³-hybridized carbons (Fsp3) is 0.154. The molecule has 1 atom stereocenters. The molecule has 2 aromatic rings. The van der Waals surface area contributed by atoms with Gasteiger partial charge in [0.15, 0.2) is 0 Å². The molecule has 0 aliphatic carbocycles. The molecule has 0 radical (unpaired) electrons. The molecule has 0 N–H and O–H groups in total. The van der Waals surface area contributed by atoms with Crippen LogP contribution in [0.3, 0.4) is 0 Å². The molecule has 6 heteroatoms. The summed E-state index contributed by atoms with van der Waals surface area (Å²) in [6.07, 6.45) is 3.08. The van der Waals surface area contributed by atoms with E-state index >= 15 is 0 Å². The van der Waals surface area contributed by atoms with Crippen molar-refractivity contribution in [3.63, 3.8) is 0 Å². The summed E-state index contributed by atoms with van der Waals surface area (Å²) < 4.78 is 1.65. The number of benzene rings is 1. The fourth-order valence-corrected chi connectivity index (χ4v) is 1.97. The number of nitrogens with zero attached hydrogens (tertiary/aromatic N) is 3. The summed E-state index contributed by atoms with van der Waals surface area (Å²) in [7, 11) is 1.75. The molecule has 0 bridgehead atoms. The van der Waals surface area contributed by atoms with Crippen LogP contribution in [-0.2, 0) is 7.05 Å². The summed E-state index contributed by atoms with van der Waals surface area (Å²) in [5.74, 6) is -1.30. The van der Waals surface area contributed by atoms with Gasteiger partial charge >= 0.3 is 0 Å². The highest BCUT2D eigenvalue weighted by Crippen LogP contribution is 2.27. The number of aryl methyl sites for hydroxylation is 1. The number of rotatable bonds is 3. The van der Waals surface area contributed by atoms with Crippen LogP contribution in [0.2, 0.25) is 10.0 Å². The van der Waals surface area contributed by atoms with E-state index in [9.17, 15) is 10.1 Å². The first-order chi connectivity index (χ1) is 9.02. The number of hydrogen-bond acceptors (Lipinski definition) is 3. The third-order valence-corrected chi connectivity index (χ3v) is 3.36. The van der Waals surface area contributed by atoms with Gasteiger partial charge < -0.3 is 4.57 Å². The zero-order valence-corrected chi connectivity index (χ0v) is 11.5. The maximum absolute atomic E-state index is 12.2. The quantitative estimate of drug-likeness (QED) is 0.817. The van der Waals surface area contributed by atoms with Gasteiger partial charge in [-0.05, 0) is 17.7 Å². The molecular weight excluding hydrogens is 285 g/mol. The summed E-state index contributed by atoms with van der Waals surface area (Å²) in [6, 6.07) is 6.68.